The van der Waals surface area contributed by atoms with Crippen molar-refractivity contribution in [3.8, 4) is 0 Å². The fraction of sp³-hybridized carbons (Fsp3) is 0.188. The lowest BCUT2D eigenvalue weighted by Gasteiger charge is -1.97. The van der Waals surface area contributed by atoms with Crippen LogP contribution in [0.2, 0.25) is 0 Å². The minimum absolute atomic E-state index is 0.268. The van der Waals surface area contributed by atoms with E-state index in [1.807, 2.05) is 30.5 Å². The van der Waals surface area contributed by atoms with Crippen LogP contribution >= 0.6 is 0 Å². The number of amides is 1. The molecule has 0 aliphatic heterocycles. The Balaban J connectivity index is 1.51. The quantitative estimate of drug-likeness (QED) is 0.510. The number of carbonyl (C=O) groups is 1. The number of carbonyl (C=O) groups excluding carboxylic acids is 1. The summed E-state index contributed by atoms with van der Waals surface area (Å²) in [5, 5.41) is 12.1. The number of aryl methyl sites for hydroxylation is 1. The molecule has 0 bridgehead atoms. The summed E-state index contributed by atoms with van der Waals surface area (Å²) < 4.78 is 0. The van der Waals surface area contributed by atoms with E-state index >= 15 is 0 Å². The minimum atomic E-state index is -0.268. The zero-order valence-electron chi connectivity index (χ0n) is 11.9. The lowest BCUT2D eigenvalue weighted by atomic mass is 10.2. The molecule has 0 saturated heterocycles. The summed E-state index contributed by atoms with van der Waals surface area (Å²) in [6.45, 7) is 0. The van der Waals surface area contributed by atoms with Gasteiger partial charge in [-0.15, -0.1) is 0 Å². The molecule has 1 aliphatic carbocycles. The van der Waals surface area contributed by atoms with Crippen LogP contribution in [0.15, 0.2) is 35.6 Å². The number of hydrogen-bond acceptors (Lipinski definition) is 3. The zero-order valence-corrected chi connectivity index (χ0v) is 11.9. The lowest BCUT2D eigenvalue weighted by molar-refractivity contribution is 0.0949. The fourth-order valence-corrected chi connectivity index (χ4v) is 2.92. The van der Waals surface area contributed by atoms with Crippen molar-refractivity contribution < 1.29 is 4.79 Å². The SMILES string of the molecule is O=C(NN=Cc1c[nH]c2ccccc12)c1n[nH]c2c1CCC2. The molecule has 0 fully saturated rings. The Morgan fingerprint density at radius 3 is 3.18 bits per heavy atom. The second kappa shape index (κ2) is 5.14. The number of aromatic nitrogens is 3. The molecule has 6 nitrogen and oxygen atoms in total. The molecule has 110 valence electrons. The van der Waals surface area contributed by atoms with E-state index in [0.717, 1.165) is 47.0 Å². The van der Waals surface area contributed by atoms with Crippen LogP contribution in [-0.4, -0.2) is 27.3 Å². The van der Waals surface area contributed by atoms with Gasteiger partial charge in [0.1, 0.15) is 0 Å². The van der Waals surface area contributed by atoms with Gasteiger partial charge in [0.05, 0.1) is 6.21 Å². The van der Waals surface area contributed by atoms with Crippen molar-refractivity contribution in [2.75, 3.05) is 0 Å². The van der Waals surface area contributed by atoms with Crippen LogP contribution in [0.4, 0.5) is 0 Å². The van der Waals surface area contributed by atoms with Crippen molar-refractivity contribution in [2.24, 2.45) is 5.10 Å². The molecule has 1 aliphatic rings. The molecule has 0 atom stereocenters. The molecule has 6 heteroatoms. The number of aromatic amines is 2. The highest BCUT2D eigenvalue weighted by Crippen LogP contribution is 2.22. The summed E-state index contributed by atoms with van der Waals surface area (Å²) in [5.41, 5.74) is 7.09. The van der Waals surface area contributed by atoms with E-state index < -0.39 is 0 Å². The number of hydrazone groups is 1. The number of para-hydroxylation sites is 1. The smallest absolute Gasteiger partial charge is 0.292 e. The van der Waals surface area contributed by atoms with Gasteiger partial charge in [0.2, 0.25) is 0 Å². The number of rotatable bonds is 3. The Labute approximate surface area is 126 Å². The molecule has 0 unspecified atom stereocenters. The first kappa shape index (κ1) is 12.8. The van der Waals surface area contributed by atoms with Gasteiger partial charge in [-0.1, -0.05) is 18.2 Å². The average Bonchev–Trinajstić information content (AvgIpc) is 3.22. The molecular weight excluding hydrogens is 278 g/mol. The summed E-state index contributed by atoms with van der Waals surface area (Å²) >= 11 is 0. The number of hydrogen-bond donors (Lipinski definition) is 3. The van der Waals surface area contributed by atoms with Gasteiger partial charge < -0.3 is 4.98 Å². The first-order valence-electron chi connectivity index (χ1n) is 7.28. The highest BCUT2D eigenvalue weighted by molar-refractivity contribution is 6.00. The van der Waals surface area contributed by atoms with Gasteiger partial charge in [0.25, 0.3) is 5.91 Å². The summed E-state index contributed by atoms with van der Waals surface area (Å²) in [7, 11) is 0. The topological polar surface area (TPSA) is 85.9 Å². The van der Waals surface area contributed by atoms with Gasteiger partial charge in [-0.2, -0.15) is 10.2 Å². The molecular formula is C16H15N5O. The lowest BCUT2D eigenvalue weighted by Crippen LogP contribution is -2.19. The standard InChI is InChI=1S/C16H15N5O/c22-16(15-12-5-3-7-14(12)19-20-15)21-18-9-10-8-17-13-6-2-1-4-11(10)13/h1-2,4,6,8-9,17H,3,5,7H2,(H,19,20)(H,21,22). The van der Waals surface area contributed by atoms with E-state index in [1.165, 1.54) is 0 Å². The second-order valence-corrected chi connectivity index (χ2v) is 5.37. The average molecular weight is 293 g/mol. The van der Waals surface area contributed by atoms with Crippen molar-refractivity contribution >= 4 is 23.0 Å². The van der Waals surface area contributed by atoms with Crippen LogP contribution in [0.1, 0.15) is 33.7 Å². The Kier molecular flexibility index (Phi) is 3.00. The molecule has 3 N–H and O–H groups in total. The van der Waals surface area contributed by atoms with Crippen molar-refractivity contribution in [2.45, 2.75) is 19.3 Å². The van der Waals surface area contributed by atoms with E-state index in [2.05, 4.69) is 25.7 Å². The predicted octanol–water partition coefficient (Wildman–Crippen LogP) is 2.14. The Morgan fingerprint density at radius 2 is 2.23 bits per heavy atom. The number of nitrogens with one attached hydrogen (secondary N) is 3. The maximum absolute atomic E-state index is 12.1. The highest BCUT2D eigenvalue weighted by atomic mass is 16.2. The fourth-order valence-electron chi connectivity index (χ4n) is 2.92. The number of H-pyrrole nitrogens is 2. The monoisotopic (exact) mass is 293 g/mol. The molecule has 1 aromatic carbocycles. The first-order chi connectivity index (χ1) is 10.8. The van der Waals surface area contributed by atoms with Crippen molar-refractivity contribution in [1.82, 2.24) is 20.6 Å². The van der Waals surface area contributed by atoms with Crippen LogP contribution in [0.3, 0.4) is 0 Å². The van der Waals surface area contributed by atoms with Gasteiger partial charge >= 0.3 is 0 Å². The van der Waals surface area contributed by atoms with Gasteiger partial charge in [-0.05, 0) is 25.3 Å². The third kappa shape index (κ3) is 2.09. The molecule has 1 amide bonds. The van der Waals surface area contributed by atoms with Gasteiger partial charge in [0, 0.05) is 33.9 Å². The molecule has 4 rings (SSSR count). The van der Waals surface area contributed by atoms with Crippen LogP contribution < -0.4 is 5.43 Å². The molecule has 2 heterocycles. The van der Waals surface area contributed by atoms with Gasteiger partial charge in [0.15, 0.2) is 5.69 Å². The third-order valence-corrected chi connectivity index (χ3v) is 4.01. The third-order valence-electron chi connectivity index (χ3n) is 4.01. The van der Waals surface area contributed by atoms with Crippen molar-refractivity contribution in [1.29, 1.82) is 0 Å². The van der Waals surface area contributed by atoms with E-state index in [4.69, 9.17) is 0 Å². The minimum Gasteiger partial charge on any atom is -0.361 e. The van der Waals surface area contributed by atoms with E-state index in [-0.39, 0.29) is 5.91 Å². The molecule has 0 saturated carbocycles. The van der Waals surface area contributed by atoms with Crippen molar-refractivity contribution in [3.05, 3.63) is 53.0 Å². The van der Waals surface area contributed by atoms with Crippen LogP contribution in [-0.2, 0) is 12.8 Å². The molecule has 2 aromatic heterocycles. The summed E-state index contributed by atoms with van der Waals surface area (Å²) in [6.07, 6.45) is 6.45. The Bertz CT molecular complexity index is 874. The molecule has 0 radical (unpaired) electrons. The maximum atomic E-state index is 12.1. The number of nitrogens with zero attached hydrogens (tertiary/aromatic N) is 2. The summed E-state index contributed by atoms with van der Waals surface area (Å²) in [6, 6.07) is 7.95. The van der Waals surface area contributed by atoms with E-state index in [0.29, 0.717) is 5.69 Å². The van der Waals surface area contributed by atoms with Crippen LogP contribution in [0.25, 0.3) is 10.9 Å². The highest BCUT2D eigenvalue weighted by Gasteiger charge is 2.22. The van der Waals surface area contributed by atoms with Crippen LogP contribution in [0, 0.1) is 0 Å². The molecule has 22 heavy (non-hydrogen) atoms. The predicted molar refractivity (Wildman–Crippen MR) is 84.0 cm³/mol. The number of benzene rings is 1. The van der Waals surface area contributed by atoms with Gasteiger partial charge in [-0.3, -0.25) is 9.89 Å². The van der Waals surface area contributed by atoms with E-state index in [1.54, 1.807) is 6.21 Å². The normalized spacial score (nSPS) is 13.8. The second-order valence-electron chi connectivity index (χ2n) is 5.37. The Morgan fingerprint density at radius 1 is 1.32 bits per heavy atom. The summed E-state index contributed by atoms with van der Waals surface area (Å²) in [5.74, 6) is -0.268. The van der Waals surface area contributed by atoms with E-state index in [9.17, 15) is 4.79 Å². The van der Waals surface area contributed by atoms with Crippen molar-refractivity contribution in [3.63, 3.8) is 0 Å². The Hall–Kier alpha value is -2.89. The van der Waals surface area contributed by atoms with Gasteiger partial charge in [-0.25, -0.2) is 5.43 Å². The number of fused-ring (bicyclic) bond motifs is 2. The molecule has 3 aromatic rings. The summed E-state index contributed by atoms with van der Waals surface area (Å²) in [4.78, 5) is 15.3. The first-order valence-corrected chi connectivity index (χ1v) is 7.28. The zero-order chi connectivity index (χ0) is 14.9. The van der Waals surface area contributed by atoms with Crippen LogP contribution in [0.5, 0.6) is 0 Å². The largest absolute Gasteiger partial charge is 0.361 e. The molecule has 0 spiro atoms. The maximum Gasteiger partial charge on any atom is 0.292 e.